The highest BCUT2D eigenvalue weighted by molar-refractivity contribution is 7.18. The lowest BCUT2D eigenvalue weighted by molar-refractivity contribution is -0.115. The molecule has 0 atom stereocenters. The average molecular weight is 420 g/mol. The van der Waals surface area contributed by atoms with Gasteiger partial charge in [0.25, 0.3) is 0 Å². The lowest BCUT2D eigenvalue weighted by atomic mass is 10.1. The topological polar surface area (TPSA) is 82.6 Å². The molecule has 0 saturated heterocycles. The van der Waals surface area contributed by atoms with Crippen LogP contribution in [0.4, 0.5) is 5.13 Å². The summed E-state index contributed by atoms with van der Waals surface area (Å²) >= 11 is 7.43. The van der Waals surface area contributed by atoms with Gasteiger partial charge in [-0.2, -0.15) is 0 Å². The molecule has 1 amide bonds. The van der Waals surface area contributed by atoms with Gasteiger partial charge in [-0.1, -0.05) is 41.1 Å². The molecule has 0 aliphatic rings. The van der Waals surface area contributed by atoms with Gasteiger partial charge in [-0.15, -0.1) is 10.2 Å². The molecule has 1 N–H and O–H groups in total. The summed E-state index contributed by atoms with van der Waals surface area (Å²) in [5.74, 6) is 1.21. The van der Waals surface area contributed by atoms with E-state index in [2.05, 4.69) is 15.5 Å². The van der Waals surface area contributed by atoms with Crippen LogP contribution in [0.5, 0.6) is 17.2 Å². The number of amides is 1. The van der Waals surface area contributed by atoms with E-state index in [0.717, 1.165) is 5.56 Å². The minimum Gasteiger partial charge on any atom is -0.493 e. The van der Waals surface area contributed by atoms with Gasteiger partial charge in [0, 0.05) is 5.56 Å². The van der Waals surface area contributed by atoms with Crippen LogP contribution in [0.15, 0.2) is 36.4 Å². The molecule has 0 saturated carbocycles. The normalized spacial score (nSPS) is 10.4. The van der Waals surface area contributed by atoms with Crippen LogP contribution in [0.3, 0.4) is 0 Å². The molecule has 1 aromatic heterocycles. The number of aromatic nitrogens is 2. The molecular formula is C19H18ClN3O4S. The number of hydrogen-bond donors (Lipinski definition) is 1. The van der Waals surface area contributed by atoms with Crippen molar-refractivity contribution in [2.45, 2.75) is 6.42 Å². The standard InChI is InChI=1S/C19H18ClN3O4S/c1-25-14-8-11(9-15(26-2)17(14)27-3)10-16(24)21-19-23-22-18(28-19)12-6-4-5-7-13(12)20/h4-9H,10H2,1-3H3,(H,21,23,24). The summed E-state index contributed by atoms with van der Waals surface area (Å²) in [6.45, 7) is 0. The number of halogens is 1. The van der Waals surface area contributed by atoms with Crippen LogP contribution >= 0.6 is 22.9 Å². The van der Waals surface area contributed by atoms with Crippen molar-refractivity contribution in [3.63, 3.8) is 0 Å². The van der Waals surface area contributed by atoms with Crippen molar-refractivity contribution in [1.82, 2.24) is 10.2 Å². The van der Waals surface area contributed by atoms with Gasteiger partial charge in [-0.25, -0.2) is 0 Å². The maximum atomic E-state index is 12.4. The highest BCUT2D eigenvalue weighted by atomic mass is 35.5. The third kappa shape index (κ3) is 4.35. The Morgan fingerprint density at radius 3 is 2.36 bits per heavy atom. The Morgan fingerprint density at radius 2 is 1.75 bits per heavy atom. The van der Waals surface area contributed by atoms with Crippen LogP contribution in [-0.4, -0.2) is 37.4 Å². The molecule has 0 fully saturated rings. The second-order valence-electron chi connectivity index (χ2n) is 5.65. The van der Waals surface area contributed by atoms with Gasteiger partial charge in [-0.05, 0) is 23.8 Å². The molecule has 0 bridgehead atoms. The summed E-state index contributed by atoms with van der Waals surface area (Å²) < 4.78 is 15.9. The molecule has 1 heterocycles. The van der Waals surface area contributed by atoms with Crippen LogP contribution in [0.25, 0.3) is 10.6 Å². The SMILES string of the molecule is COc1cc(CC(=O)Nc2nnc(-c3ccccc3Cl)s2)cc(OC)c1OC. The van der Waals surface area contributed by atoms with Crippen molar-refractivity contribution in [3.8, 4) is 27.8 Å². The zero-order valence-corrected chi connectivity index (χ0v) is 17.1. The first-order valence-electron chi connectivity index (χ1n) is 8.22. The van der Waals surface area contributed by atoms with Gasteiger partial charge >= 0.3 is 0 Å². The van der Waals surface area contributed by atoms with Crippen LogP contribution in [-0.2, 0) is 11.2 Å². The monoisotopic (exact) mass is 419 g/mol. The van der Waals surface area contributed by atoms with E-state index in [9.17, 15) is 4.79 Å². The largest absolute Gasteiger partial charge is 0.493 e. The van der Waals surface area contributed by atoms with Crippen molar-refractivity contribution in [3.05, 3.63) is 47.0 Å². The molecule has 3 rings (SSSR count). The Kier molecular flexibility index (Phi) is 6.33. The maximum Gasteiger partial charge on any atom is 0.230 e. The molecule has 2 aromatic carbocycles. The predicted molar refractivity (Wildman–Crippen MR) is 109 cm³/mol. The summed E-state index contributed by atoms with van der Waals surface area (Å²) in [6.07, 6.45) is 0.109. The number of carbonyl (C=O) groups excluding carboxylic acids is 1. The summed E-state index contributed by atoms with van der Waals surface area (Å²) in [7, 11) is 4.58. The Labute approximate surface area is 171 Å². The molecule has 0 aliphatic carbocycles. The fourth-order valence-electron chi connectivity index (χ4n) is 2.60. The van der Waals surface area contributed by atoms with Crippen LogP contribution < -0.4 is 19.5 Å². The Hall–Kier alpha value is -2.84. The van der Waals surface area contributed by atoms with Crippen molar-refractivity contribution in [2.75, 3.05) is 26.6 Å². The minimum absolute atomic E-state index is 0.109. The Balaban J connectivity index is 1.74. The Morgan fingerprint density at radius 1 is 1.07 bits per heavy atom. The van der Waals surface area contributed by atoms with E-state index in [4.69, 9.17) is 25.8 Å². The zero-order chi connectivity index (χ0) is 20.1. The number of benzene rings is 2. The van der Waals surface area contributed by atoms with Crippen molar-refractivity contribution in [2.24, 2.45) is 0 Å². The van der Waals surface area contributed by atoms with Crippen LogP contribution in [0.2, 0.25) is 5.02 Å². The Bertz CT molecular complexity index is 968. The number of anilines is 1. The quantitative estimate of drug-likeness (QED) is 0.621. The first-order chi connectivity index (χ1) is 13.5. The summed E-state index contributed by atoms with van der Waals surface area (Å²) in [6, 6.07) is 10.8. The third-order valence-corrected chi connectivity index (χ3v) is 5.07. The van der Waals surface area contributed by atoms with E-state index in [0.29, 0.717) is 38.0 Å². The van der Waals surface area contributed by atoms with Crippen molar-refractivity contribution < 1.29 is 19.0 Å². The van der Waals surface area contributed by atoms with E-state index in [1.807, 2.05) is 18.2 Å². The molecule has 28 heavy (non-hydrogen) atoms. The van der Waals surface area contributed by atoms with Crippen LogP contribution in [0.1, 0.15) is 5.56 Å². The van der Waals surface area contributed by atoms with E-state index < -0.39 is 0 Å². The highest BCUT2D eigenvalue weighted by Gasteiger charge is 2.16. The number of hydrogen-bond acceptors (Lipinski definition) is 7. The lowest BCUT2D eigenvalue weighted by Gasteiger charge is -2.13. The minimum atomic E-state index is -0.240. The molecule has 0 aliphatic heterocycles. The molecule has 3 aromatic rings. The third-order valence-electron chi connectivity index (χ3n) is 3.86. The average Bonchev–Trinajstić information content (AvgIpc) is 3.15. The number of rotatable bonds is 7. The first kappa shape index (κ1) is 19.9. The fraction of sp³-hybridized carbons (Fsp3) is 0.211. The van der Waals surface area contributed by atoms with E-state index in [1.54, 1.807) is 18.2 Å². The van der Waals surface area contributed by atoms with Gasteiger partial charge in [0.15, 0.2) is 16.5 Å². The molecule has 0 radical (unpaired) electrons. The number of nitrogens with one attached hydrogen (secondary N) is 1. The zero-order valence-electron chi connectivity index (χ0n) is 15.5. The lowest BCUT2D eigenvalue weighted by Crippen LogP contribution is -2.14. The smallest absolute Gasteiger partial charge is 0.230 e. The summed E-state index contributed by atoms with van der Waals surface area (Å²) in [5, 5.41) is 12.5. The molecule has 7 nitrogen and oxygen atoms in total. The van der Waals surface area contributed by atoms with E-state index >= 15 is 0 Å². The van der Waals surface area contributed by atoms with Crippen molar-refractivity contribution in [1.29, 1.82) is 0 Å². The molecular weight excluding hydrogens is 402 g/mol. The first-order valence-corrected chi connectivity index (χ1v) is 9.42. The molecule has 9 heteroatoms. The number of carbonyl (C=O) groups is 1. The molecule has 146 valence electrons. The fourth-order valence-corrected chi connectivity index (χ4v) is 3.68. The van der Waals surface area contributed by atoms with Gasteiger partial charge in [0.1, 0.15) is 0 Å². The highest BCUT2D eigenvalue weighted by Crippen LogP contribution is 2.38. The number of nitrogens with zero attached hydrogens (tertiary/aromatic N) is 2. The number of methoxy groups -OCH3 is 3. The second-order valence-corrected chi connectivity index (χ2v) is 7.04. The van der Waals surface area contributed by atoms with Gasteiger partial charge in [-0.3, -0.25) is 4.79 Å². The maximum absolute atomic E-state index is 12.4. The van der Waals surface area contributed by atoms with Crippen molar-refractivity contribution >= 4 is 34.0 Å². The van der Waals surface area contributed by atoms with Gasteiger partial charge < -0.3 is 19.5 Å². The van der Waals surface area contributed by atoms with Gasteiger partial charge in [0.2, 0.25) is 16.8 Å². The van der Waals surface area contributed by atoms with Gasteiger partial charge in [0.05, 0.1) is 32.8 Å². The van der Waals surface area contributed by atoms with E-state index in [-0.39, 0.29) is 12.3 Å². The molecule has 0 spiro atoms. The summed E-state index contributed by atoms with van der Waals surface area (Å²) in [5.41, 5.74) is 1.48. The number of ether oxygens (including phenoxy) is 3. The van der Waals surface area contributed by atoms with E-state index in [1.165, 1.54) is 32.7 Å². The predicted octanol–water partition coefficient (Wildman–Crippen LogP) is 4.07. The summed E-state index contributed by atoms with van der Waals surface area (Å²) in [4.78, 5) is 12.4. The molecule has 0 unspecified atom stereocenters. The second kappa shape index (κ2) is 8.90. The van der Waals surface area contributed by atoms with Crippen LogP contribution in [0, 0.1) is 0 Å².